The molecule has 1 aliphatic rings. The van der Waals surface area contributed by atoms with Gasteiger partial charge in [-0.05, 0) is 55.6 Å². The molecule has 1 N–H and O–H groups in total. The molecule has 7 nitrogen and oxygen atoms in total. The quantitative estimate of drug-likeness (QED) is 0.224. The number of aryl methyl sites for hydroxylation is 2. The Bertz CT molecular complexity index is 1940. The topological polar surface area (TPSA) is 84.0 Å². The van der Waals surface area contributed by atoms with Gasteiger partial charge in [0.25, 0.3) is 10.0 Å². The highest BCUT2D eigenvalue weighted by molar-refractivity contribution is 7.90. The summed E-state index contributed by atoms with van der Waals surface area (Å²) in [6.07, 6.45) is 0. The third-order valence-electron chi connectivity index (χ3n) is 7.37. The van der Waals surface area contributed by atoms with Crippen LogP contribution in [0.4, 0.5) is 10.7 Å². The summed E-state index contributed by atoms with van der Waals surface area (Å²) in [4.78, 5) is 17.3. The maximum atomic E-state index is 14.4. The van der Waals surface area contributed by atoms with E-state index in [9.17, 15) is 18.3 Å². The lowest BCUT2D eigenvalue weighted by molar-refractivity contribution is -0.142. The zero-order chi connectivity index (χ0) is 28.2. The van der Waals surface area contributed by atoms with Gasteiger partial charge in [-0.1, -0.05) is 47.5 Å². The second-order valence-corrected chi connectivity index (χ2v) is 12.7. The Balaban J connectivity index is 1.68. The summed E-state index contributed by atoms with van der Waals surface area (Å²) in [7, 11) is -4.06. The molecule has 0 aliphatic carbocycles. The van der Waals surface area contributed by atoms with Crippen molar-refractivity contribution < 1.29 is 18.3 Å². The molecular weight excluding hydrogens is 542 g/mol. The number of anilines is 1. The fourth-order valence-corrected chi connectivity index (χ4v) is 7.48. The Kier molecular flexibility index (Phi) is 6.25. The van der Waals surface area contributed by atoms with E-state index in [2.05, 4.69) is 4.85 Å². The minimum absolute atomic E-state index is 0.169. The molecule has 0 saturated carbocycles. The molecule has 1 aliphatic heterocycles. The van der Waals surface area contributed by atoms with E-state index >= 15 is 0 Å². The number of carboxylic acid groups (broad SMARTS) is 1. The van der Waals surface area contributed by atoms with E-state index < -0.39 is 21.9 Å². The van der Waals surface area contributed by atoms with Gasteiger partial charge in [0, 0.05) is 40.9 Å². The number of carboxylic acids is 1. The van der Waals surface area contributed by atoms with E-state index in [1.165, 1.54) is 15.3 Å². The average Bonchev–Trinajstić information content (AvgIpc) is 3.50. The van der Waals surface area contributed by atoms with Crippen LogP contribution in [0.3, 0.4) is 0 Å². The van der Waals surface area contributed by atoms with Crippen molar-refractivity contribution >= 4 is 48.9 Å². The summed E-state index contributed by atoms with van der Waals surface area (Å²) in [6.45, 7) is 12.4. The van der Waals surface area contributed by atoms with Crippen molar-refractivity contribution in [3.05, 3.63) is 101 Å². The second kappa shape index (κ2) is 9.66. The van der Waals surface area contributed by atoms with E-state index in [1.54, 1.807) is 24.3 Å². The largest absolute Gasteiger partial charge is 0.481 e. The van der Waals surface area contributed by atoms with E-state index in [0.29, 0.717) is 46.0 Å². The van der Waals surface area contributed by atoms with E-state index in [1.807, 2.05) is 72.7 Å². The standard InChI is InChI=1S/C31H25N3O4S2/c1-19-7-10-24(11-8-19)40(37,38)34-27-12-9-20(2)15-26(27)28(25-13-14-39-30(25)32-3)29(34)21-5-4-6-23(16-21)33-17-22(18-33)31(35)36/h4-16,22H,17-18H2,1-2H3,(H,35,36). The molecule has 6 rings (SSSR count). The summed E-state index contributed by atoms with van der Waals surface area (Å²) in [5.41, 5.74) is 5.78. The molecular formula is C31H25N3O4S2. The second-order valence-electron chi connectivity index (χ2n) is 10.1. The summed E-state index contributed by atoms with van der Waals surface area (Å²) >= 11 is 1.32. The molecule has 3 aromatic carbocycles. The molecule has 9 heteroatoms. The Labute approximate surface area is 236 Å². The highest BCUT2D eigenvalue weighted by Gasteiger charge is 2.34. The van der Waals surface area contributed by atoms with Gasteiger partial charge in [-0.25, -0.2) is 17.2 Å². The lowest BCUT2D eigenvalue weighted by Gasteiger charge is -2.38. The monoisotopic (exact) mass is 567 g/mol. The maximum Gasteiger partial charge on any atom is 0.310 e. The predicted molar refractivity (Wildman–Crippen MR) is 159 cm³/mol. The maximum absolute atomic E-state index is 14.4. The van der Waals surface area contributed by atoms with Crippen molar-refractivity contribution in [1.29, 1.82) is 0 Å². The van der Waals surface area contributed by atoms with Crippen LogP contribution in [0, 0.1) is 26.3 Å². The number of hydrogen-bond acceptors (Lipinski definition) is 5. The van der Waals surface area contributed by atoms with Crippen LogP contribution in [0.1, 0.15) is 11.1 Å². The van der Waals surface area contributed by atoms with Gasteiger partial charge in [0.2, 0.25) is 5.00 Å². The van der Waals surface area contributed by atoms with Crippen molar-refractivity contribution in [3.63, 3.8) is 0 Å². The number of hydrogen-bond donors (Lipinski definition) is 1. The normalized spacial score (nSPS) is 13.8. The highest BCUT2D eigenvalue weighted by Crippen LogP contribution is 2.48. The molecule has 0 atom stereocenters. The highest BCUT2D eigenvalue weighted by atomic mass is 32.2. The van der Waals surface area contributed by atoms with Gasteiger partial charge in [0.1, 0.15) is 0 Å². The molecule has 200 valence electrons. The molecule has 0 radical (unpaired) electrons. The number of thiophene rings is 1. The average molecular weight is 568 g/mol. The van der Waals surface area contributed by atoms with Gasteiger partial charge in [-0.3, -0.25) is 4.79 Å². The Morgan fingerprint density at radius 1 is 1.00 bits per heavy atom. The fraction of sp³-hybridized carbons (Fsp3) is 0.161. The Hall–Kier alpha value is -4.39. The van der Waals surface area contributed by atoms with Crippen LogP contribution >= 0.6 is 11.3 Å². The minimum Gasteiger partial charge on any atom is -0.481 e. The lowest BCUT2D eigenvalue weighted by atomic mass is 9.97. The van der Waals surface area contributed by atoms with Crippen molar-refractivity contribution in [1.82, 2.24) is 3.97 Å². The van der Waals surface area contributed by atoms with Crippen molar-refractivity contribution in [2.75, 3.05) is 18.0 Å². The first-order valence-corrected chi connectivity index (χ1v) is 15.0. The number of aliphatic carboxylic acids is 1. The van der Waals surface area contributed by atoms with E-state index in [0.717, 1.165) is 22.2 Å². The van der Waals surface area contributed by atoms with Crippen LogP contribution in [0.2, 0.25) is 0 Å². The Morgan fingerprint density at radius 2 is 1.73 bits per heavy atom. The molecule has 40 heavy (non-hydrogen) atoms. The molecule has 0 unspecified atom stereocenters. The van der Waals surface area contributed by atoms with E-state index in [-0.39, 0.29) is 4.90 Å². The third kappa shape index (κ3) is 4.17. The fourth-order valence-electron chi connectivity index (χ4n) is 5.25. The van der Waals surface area contributed by atoms with Gasteiger partial charge >= 0.3 is 5.97 Å². The summed E-state index contributed by atoms with van der Waals surface area (Å²) in [5.74, 6) is -1.25. The molecule has 1 fully saturated rings. The van der Waals surface area contributed by atoms with Gasteiger partial charge < -0.3 is 10.0 Å². The number of rotatable bonds is 6. The van der Waals surface area contributed by atoms with Gasteiger partial charge in [0.15, 0.2) is 0 Å². The molecule has 0 amide bonds. The number of carbonyl (C=O) groups is 1. The number of nitrogens with zero attached hydrogens (tertiary/aromatic N) is 3. The predicted octanol–water partition coefficient (Wildman–Crippen LogP) is 6.96. The van der Waals surface area contributed by atoms with Crippen LogP contribution in [0.5, 0.6) is 0 Å². The van der Waals surface area contributed by atoms with Gasteiger partial charge in [0.05, 0.1) is 28.6 Å². The number of fused-ring (bicyclic) bond motifs is 1. The smallest absolute Gasteiger partial charge is 0.310 e. The van der Waals surface area contributed by atoms with Gasteiger partial charge in [-0.2, -0.15) is 11.3 Å². The first kappa shape index (κ1) is 25.9. The lowest BCUT2D eigenvalue weighted by Crippen LogP contribution is -2.50. The van der Waals surface area contributed by atoms with Crippen LogP contribution in [0.15, 0.2) is 83.1 Å². The van der Waals surface area contributed by atoms with Crippen molar-refractivity contribution in [3.8, 4) is 22.4 Å². The summed E-state index contributed by atoms with van der Waals surface area (Å²) in [5, 5.41) is 12.4. The molecule has 1 saturated heterocycles. The van der Waals surface area contributed by atoms with Crippen LogP contribution in [0.25, 0.3) is 38.1 Å². The Morgan fingerprint density at radius 3 is 2.42 bits per heavy atom. The van der Waals surface area contributed by atoms with Crippen LogP contribution in [-0.2, 0) is 14.8 Å². The van der Waals surface area contributed by atoms with Crippen LogP contribution in [-0.4, -0.2) is 36.6 Å². The number of benzene rings is 3. The molecule has 5 aromatic rings. The zero-order valence-electron chi connectivity index (χ0n) is 21.8. The minimum atomic E-state index is -4.06. The third-order valence-corrected chi connectivity index (χ3v) is 9.90. The SMILES string of the molecule is [C-]#[N+]c1sccc1-c1c(-c2cccc(N3CC(C(=O)O)C3)c2)n(S(=O)(=O)c2ccc(C)cc2)c2ccc(C)cc12. The van der Waals surface area contributed by atoms with Crippen molar-refractivity contribution in [2.24, 2.45) is 5.92 Å². The zero-order valence-corrected chi connectivity index (χ0v) is 23.5. The summed E-state index contributed by atoms with van der Waals surface area (Å²) in [6, 6.07) is 21.9. The first-order chi connectivity index (χ1) is 19.2. The van der Waals surface area contributed by atoms with Crippen LogP contribution < -0.4 is 4.90 Å². The molecule has 0 spiro atoms. The number of aromatic nitrogens is 1. The van der Waals surface area contributed by atoms with Gasteiger partial charge in [-0.15, -0.1) is 0 Å². The summed E-state index contributed by atoms with van der Waals surface area (Å²) < 4.78 is 30.2. The van der Waals surface area contributed by atoms with Crippen molar-refractivity contribution in [2.45, 2.75) is 18.7 Å². The molecule has 0 bridgehead atoms. The first-order valence-electron chi connectivity index (χ1n) is 12.7. The van der Waals surface area contributed by atoms with E-state index in [4.69, 9.17) is 6.57 Å². The molecule has 3 heterocycles. The molecule has 2 aromatic heterocycles.